The number of amides is 1. The molecular formula is C35H35N3O5. The number of nitriles is 1. The maximum Gasteiger partial charge on any atom is 0.254 e. The summed E-state index contributed by atoms with van der Waals surface area (Å²) in [6, 6.07) is 17.2. The number of fused-ring (bicyclic) bond motifs is 2. The molecule has 7 rings (SSSR count). The van der Waals surface area contributed by atoms with Crippen molar-refractivity contribution < 1.29 is 23.4 Å². The van der Waals surface area contributed by atoms with Gasteiger partial charge in [0.25, 0.3) is 5.91 Å². The number of carbonyl (C=O) groups excluding carboxylic acids is 1. The average Bonchev–Trinajstić information content (AvgIpc) is 3.74. The van der Waals surface area contributed by atoms with Crippen molar-refractivity contribution in [1.82, 2.24) is 9.88 Å². The zero-order chi connectivity index (χ0) is 29.5. The first-order valence-electron chi connectivity index (χ1n) is 15.2. The summed E-state index contributed by atoms with van der Waals surface area (Å²) in [5.74, 6) is 3.80. The normalized spacial score (nSPS) is 22.0. The number of hydrogen-bond donors (Lipinski definition) is 0. The summed E-state index contributed by atoms with van der Waals surface area (Å²) in [4.78, 5) is 19.9. The molecule has 4 aromatic rings. The van der Waals surface area contributed by atoms with Gasteiger partial charge in [0, 0.05) is 49.3 Å². The van der Waals surface area contributed by atoms with Crippen molar-refractivity contribution in [1.29, 1.82) is 5.26 Å². The smallest absolute Gasteiger partial charge is 0.254 e. The molecule has 2 aliphatic heterocycles. The third-order valence-corrected chi connectivity index (χ3v) is 9.27. The molecule has 3 aliphatic rings. The highest BCUT2D eigenvalue weighted by Crippen LogP contribution is 2.42. The molecule has 220 valence electrons. The molecule has 43 heavy (non-hydrogen) atoms. The largest absolute Gasteiger partial charge is 0.496 e. The fourth-order valence-corrected chi connectivity index (χ4v) is 7.14. The molecule has 0 radical (unpaired) electrons. The minimum atomic E-state index is 0.0439. The topological polar surface area (TPSA) is 97.8 Å². The van der Waals surface area contributed by atoms with Crippen LogP contribution in [0.4, 0.5) is 0 Å². The van der Waals surface area contributed by atoms with Crippen LogP contribution in [0.3, 0.4) is 0 Å². The Hall–Kier alpha value is -4.35. The van der Waals surface area contributed by atoms with Crippen LogP contribution in [0.15, 0.2) is 59.1 Å². The lowest BCUT2D eigenvalue weighted by Gasteiger charge is -2.23. The minimum absolute atomic E-state index is 0.0439. The molecule has 4 heterocycles. The number of hydrogen-bond acceptors (Lipinski definition) is 7. The Labute approximate surface area is 251 Å². The lowest BCUT2D eigenvalue weighted by atomic mass is 10.0. The van der Waals surface area contributed by atoms with E-state index >= 15 is 0 Å². The van der Waals surface area contributed by atoms with Crippen LogP contribution in [-0.2, 0) is 4.74 Å². The van der Waals surface area contributed by atoms with Crippen LogP contribution in [0.2, 0.25) is 0 Å². The van der Waals surface area contributed by atoms with Crippen molar-refractivity contribution in [2.75, 3.05) is 33.4 Å². The van der Waals surface area contributed by atoms with Gasteiger partial charge in [-0.1, -0.05) is 13.0 Å². The van der Waals surface area contributed by atoms with E-state index in [2.05, 4.69) is 18.0 Å². The van der Waals surface area contributed by atoms with E-state index in [4.69, 9.17) is 18.6 Å². The second kappa shape index (κ2) is 11.4. The van der Waals surface area contributed by atoms with E-state index in [9.17, 15) is 10.1 Å². The number of methoxy groups -OCH3 is 1. The van der Waals surface area contributed by atoms with Gasteiger partial charge >= 0.3 is 0 Å². The predicted molar refractivity (Wildman–Crippen MR) is 162 cm³/mol. The zero-order valence-corrected chi connectivity index (χ0v) is 24.5. The molecule has 8 nitrogen and oxygen atoms in total. The third kappa shape index (κ3) is 5.23. The molecule has 0 N–H and O–H groups in total. The van der Waals surface area contributed by atoms with Gasteiger partial charge in [-0.15, -0.1) is 0 Å². The molecule has 3 fully saturated rings. The highest BCUT2D eigenvalue weighted by Gasteiger charge is 2.41. The second-order valence-electron chi connectivity index (χ2n) is 12.2. The van der Waals surface area contributed by atoms with Gasteiger partial charge in [0.1, 0.15) is 34.9 Å². The lowest BCUT2D eigenvalue weighted by molar-refractivity contribution is 0.0254. The quantitative estimate of drug-likeness (QED) is 0.251. The molecule has 1 saturated carbocycles. The molecule has 2 unspecified atom stereocenters. The standard InChI is InChI=1S/C35H35N3O5/c1-21-13-25-19-38(20-26(25)14-21)35(39)23-3-5-29(32(16-23)40-2)33-17-30-34(43-33)28(7-10-37-30)22-4-6-31(24(15-22)18-36)42-27-8-11-41-12-9-27/h3-7,10,15-17,21,25-27H,8-9,11-14,19-20H2,1-2H3. The number of benzene rings is 2. The summed E-state index contributed by atoms with van der Waals surface area (Å²) in [6.45, 7) is 5.33. The number of pyridine rings is 1. The molecule has 2 aromatic heterocycles. The molecule has 1 amide bonds. The monoisotopic (exact) mass is 577 g/mol. The summed E-state index contributed by atoms with van der Waals surface area (Å²) >= 11 is 0. The van der Waals surface area contributed by atoms with Crippen molar-refractivity contribution in [3.8, 4) is 40.0 Å². The van der Waals surface area contributed by atoms with Crippen LogP contribution in [-0.4, -0.2) is 55.3 Å². The Morgan fingerprint density at radius 2 is 1.79 bits per heavy atom. The summed E-state index contributed by atoms with van der Waals surface area (Å²) in [5, 5.41) is 9.89. The fraction of sp³-hybridized carbons (Fsp3) is 0.400. The van der Waals surface area contributed by atoms with Gasteiger partial charge in [-0.25, -0.2) is 0 Å². The number of nitrogens with zero attached hydrogens (tertiary/aromatic N) is 3. The third-order valence-electron chi connectivity index (χ3n) is 9.27. The van der Waals surface area contributed by atoms with E-state index in [1.54, 1.807) is 13.3 Å². The van der Waals surface area contributed by atoms with Gasteiger partial charge in [-0.05, 0) is 72.6 Å². The second-order valence-corrected chi connectivity index (χ2v) is 12.2. The maximum absolute atomic E-state index is 13.4. The number of rotatable bonds is 6. The van der Waals surface area contributed by atoms with E-state index in [1.807, 2.05) is 53.4 Å². The number of carbonyl (C=O) groups is 1. The number of ether oxygens (including phenoxy) is 3. The minimum Gasteiger partial charge on any atom is -0.496 e. The van der Waals surface area contributed by atoms with Gasteiger partial charge in [0.15, 0.2) is 5.58 Å². The summed E-state index contributed by atoms with van der Waals surface area (Å²) in [6.07, 6.45) is 5.83. The average molecular weight is 578 g/mol. The van der Waals surface area contributed by atoms with Crippen LogP contribution >= 0.6 is 0 Å². The molecule has 8 heteroatoms. The van der Waals surface area contributed by atoms with E-state index in [-0.39, 0.29) is 12.0 Å². The Morgan fingerprint density at radius 1 is 1.00 bits per heavy atom. The highest BCUT2D eigenvalue weighted by molar-refractivity contribution is 5.97. The summed E-state index contributed by atoms with van der Waals surface area (Å²) in [7, 11) is 1.61. The van der Waals surface area contributed by atoms with Gasteiger partial charge in [0.05, 0.1) is 31.5 Å². The van der Waals surface area contributed by atoms with E-state index in [0.717, 1.165) is 48.5 Å². The number of furan rings is 1. The number of likely N-dealkylation sites (tertiary alicyclic amines) is 1. The Balaban J connectivity index is 1.16. The van der Waals surface area contributed by atoms with Crippen molar-refractivity contribution in [2.45, 2.75) is 38.7 Å². The number of aromatic nitrogens is 1. The Kier molecular flexibility index (Phi) is 7.28. The van der Waals surface area contributed by atoms with Crippen molar-refractivity contribution in [2.24, 2.45) is 17.8 Å². The summed E-state index contributed by atoms with van der Waals surface area (Å²) < 4.78 is 23.7. The molecular weight excluding hydrogens is 542 g/mol. The lowest BCUT2D eigenvalue weighted by Crippen LogP contribution is -2.29. The van der Waals surface area contributed by atoms with Crippen molar-refractivity contribution in [3.63, 3.8) is 0 Å². The fourth-order valence-electron chi connectivity index (χ4n) is 7.14. The van der Waals surface area contributed by atoms with Gasteiger partial charge < -0.3 is 23.5 Å². The Bertz CT molecular complexity index is 1700. The van der Waals surface area contributed by atoms with Crippen LogP contribution in [0.25, 0.3) is 33.6 Å². The van der Waals surface area contributed by atoms with Gasteiger partial charge in [0.2, 0.25) is 0 Å². The summed E-state index contributed by atoms with van der Waals surface area (Å²) in [5.41, 5.74) is 4.79. The first-order chi connectivity index (χ1) is 21.0. The van der Waals surface area contributed by atoms with Crippen LogP contribution in [0, 0.1) is 29.1 Å². The van der Waals surface area contributed by atoms with Gasteiger partial charge in [-0.2, -0.15) is 5.26 Å². The van der Waals surface area contributed by atoms with Crippen LogP contribution < -0.4 is 9.47 Å². The van der Waals surface area contributed by atoms with Crippen LogP contribution in [0.1, 0.15) is 48.5 Å². The first-order valence-corrected chi connectivity index (χ1v) is 15.2. The van der Waals surface area contributed by atoms with Crippen molar-refractivity contribution >= 4 is 17.0 Å². The molecule has 2 atom stereocenters. The van der Waals surface area contributed by atoms with Crippen molar-refractivity contribution in [3.05, 3.63) is 65.9 Å². The predicted octanol–water partition coefficient (Wildman–Crippen LogP) is 6.72. The van der Waals surface area contributed by atoms with E-state index < -0.39 is 0 Å². The molecule has 2 saturated heterocycles. The molecule has 2 aromatic carbocycles. The zero-order valence-electron chi connectivity index (χ0n) is 24.5. The molecule has 0 spiro atoms. The molecule has 1 aliphatic carbocycles. The van der Waals surface area contributed by atoms with E-state index in [1.165, 1.54) is 12.8 Å². The highest BCUT2D eigenvalue weighted by atomic mass is 16.5. The Morgan fingerprint density at radius 3 is 2.53 bits per heavy atom. The SMILES string of the molecule is COc1cc(C(=O)N2CC3CC(C)CC3C2)ccc1-c1cc2nccc(-c3ccc(OC4CCOCC4)c(C#N)c3)c2o1. The first kappa shape index (κ1) is 27.5. The molecule has 0 bridgehead atoms. The maximum atomic E-state index is 13.4. The van der Waals surface area contributed by atoms with Crippen LogP contribution in [0.5, 0.6) is 11.5 Å². The van der Waals surface area contributed by atoms with E-state index in [0.29, 0.717) is 64.5 Å². The van der Waals surface area contributed by atoms with Gasteiger partial charge in [-0.3, -0.25) is 9.78 Å².